The first-order valence-corrected chi connectivity index (χ1v) is 24.8. The third-order valence-corrected chi connectivity index (χ3v) is 12.2. The van der Waals surface area contributed by atoms with E-state index in [-0.39, 0.29) is 12.8 Å². The maximum absolute atomic E-state index is 12.8. The van der Waals surface area contributed by atoms with Crippen LogP contribution in [0.2, 0.25) is 0 Å². The molecule has 6 unspecified atom stereocenters. The number of esters is 2. The Kier molecular flexibility index (Phi) is 33.5. The number of aliphatic hydroxyl groups excluding tert-OH is 5. The molecule has 14 heteroatoms. The van der Waals surface area contributed by atoms with Crippen molar-refractivity contribution in [2.75, 3.05) is 13.2 Å². The van der Waals surface area contributed by atoms with Crippen molar-refractivity contribution < 1.29 is 63.1 Å². The Morgan fingerprint density at radius 2 is 0.776 bits per heavy atom. The summed E-state index contributed by atoms with van der Waals surface area (Å²) in [7, 11) is -5.11. The first-order valence-electron chi connectivity index (χ1n) is 23.3. The van der Waals surface area contributed by atoms with Gasteiger partial charge in [0.25, 0.3) is 0 Å². The number of carbonyl (C=O) groups is 2. The van der Waals surface area contributed by atoms with Gasteiger partial charge in [0.15, 0.2) is 6.10 Å². The summed E-state index contributed by atoms with van der Waals surface area (Å²) in [6.07, 6.45) is 21.6. The molecule has 0 aliphatic heterocycles. The average molecular weight is 853 g/mol. The second-order valence-electron chi connectivity index (χ2n) is 16.6. The average Bonchev–Trinajstić information content (AvgIpc) is 3.20. The molecule has 0 aromatic rings. The SMILES string of the molecule is CCCCCCCCCCCCCCCCCCCC(=O)O[C@H](COC(=O)CCCCCCCCCCCCCC)COP(=O)(O)OC1C(O)C(O)C(O)[C@@H](O)C1O. The van der Waals surface area contributed by atoms with Gasteiger partial charge >= 0.3 is 19.8 Å². The molecule has 0 spiro atoms. The highest BCUT2D eigenvalue weighted by Crippen LogP contribution is 2.47. The van der Waals surface area contributed by atoms with Crippen LogP contribution in [0.1, 0.15) is 213 Å². The minimum Gasteiger partial charge on any atom is -0.462 e. The van der Waals surface area contributed by atoms with Crippen LogP contribution in [0.25, 0.3) is 0 Å². The molecule has 0 saturated heterocycles. The van der Waals surface area contributed by atoms with E-state index in [2.05, 4.69) is 13.8 Å². The molecule has 0 amide bonds. The highest BCUT2D eigenvalue weighted by Gasteiger charge is 2.51. The lowest BCUT2D eigenvalue weighted by Gasteiger charge is -2.41. The van der Waals surface area contributed by atoms with Gasteiger partial charge in [0.1, 0.15) is 43.2 Å². The largest absolute Gasteiger partial charge is 0.472 e. The maximum atomic E-state index is 12.8. The van der Waals surface area contributed by atoms with Crippen molar-refractivity contribution in [3.8, 4) is 0 Å². The second-order valence-corrected chi connectivity index (χ2v) is 18.0. The number of aliphatic hydroxyl groups is 5. The zero-order chi connectivity index (χ0) is 42.9. The fourth-order valence-electron chi connectivity index (χ4n) is 7.41. The lowest BCUT2D eigenvalue weighted by molar-refractivity contribution is -0.220. The van der Waals surface area contributed by atoms with Crippen LogP contribution in [0, 0.1) is 0 Å². The van der Waals surface area contributed by atoms with Gasteiger partial charge in [0, 0.05) is 12.8 Å². The van der Waals surface area contributed by atoms with E-state index < -0.39 is 75.7 Å². The molecule has 1 aliphatic carbocycles. The summed E-state index contributed by atoms with van der Waals surface area (Å²) < 4.78 is 33.5. The fourth-order valence-corrected chi connectivity index (χ4v) is 8.38. The molecular weight excluding hydrogens is 767 g/mol. The zero-order valence-corrected chi connectivity index (χ0v) is 37.3. The monoisotopic (exact) mass is 853 g/mol. The smallest absolute Gasteiger partial charge is 0.462 e. The lowest BCUT2D eigenvalue weighted by atomic mass is 9.85. The third kappa shape index (κ3) is 27.6. The number of hydrogen-bond donors (Lipinski definition) is 6. The van der Waals surface area contributed by atoms with Crippen LogP contribution < -0.4 is 0 Å². The van der Waals surface area contributed by atoms with Gasteiger partial charge in [0.05, 0.1) is 6.61 Å². The van der Waals surface area contributed by atoms with E-state index in [4.69, 9.17) is 18.5 Å². The fraction of sp³-hybridized carbons (Fsp3) is 0.955. The molecule has 6 N–H and O–H groups in total. The third-order valence-electron chi connectivity index (χ3n) is 11.2. The minimum absolute atomic E-state index is 0.105. The highest BCUT2D eigenvalue weighted by molar-refractivity contribution is 7.47. The summed E-state index contributed by atoms with van der Waals surface area (Å²) in [5, 5.41) is 50.1. The van der Waals surface area contributed by atoms with Crippen LogP contribution in [-0.2, 0) is 32.7 Å². The quantitative estimate of drug-likeness (QED) is 0.0194. The molecule has 0 aromatic carbocycles. The van der Waals surface area contributed by atoms with E-state index in [0.717, 1.165) is 38.5 Å². The Morgan fingerprint density at radius 3 is 1.14 bits per heavy atom. The Morgan fingerprint density at radius 1 is 0.466 bits per heavy atom. The molecule has 8 atom stereocenters. The van der Waals surface area contributed by atoms with Gasteiger partial charge in [-0.3, -0.25) is 18.6 Å². The summed E-state index contributed by atoms with van der Waals surface area (Å²) in [5.41, 5.74) is 0. The minimum atomic E-state index is -5.11. The molecule has 1 saturated carbocycles. The van der Waals surface area contributed by atoms with Crippen LogP contribution in [0.5, 0.6) is 0 Å². The van der Waals surface area contributed by atoms with Crippen molar-refractivity contribution in [2.45, 2.75) is 256 Å². The van der Waals surface area contributed by atoms with Crippen LogP contribution in [0.15, 0.2) is 0 Å². The lowest BCUT2D eigenvalue weighted by Crippen LogP contribution is -2.64. The predicted molar refractivity (Wildman–Crippen MR) is 226 cm³/mol. The Balaban J connectivity index is 2.43. The van der Waals surface area contributed by atoms with E-state index in [1.54, 1.807) is 0 Å². The summed E-state index contributed by atoms with van der Waals surface area (Å²) in [6, 6.07) is 0. The van der Waals surface area contributed by atoms with E-state index in [1.165, 1.54) is 135 Å². The van der Waals surface area contributed by atoms with Gasteiger partial charge < -0.3 is 39.9 Å². The maximum Gasteiger partial charge on any atom is 0.472 e. The van der Waals surface area contributed by atoms with Crippen LogP contribution >= 0.6 is 7.82 Å². The van der Waals surface area contributed by atoms with E-state index in [1.807, 2.05) is 0 Å². The van der Waals surface area contributed by atoms with Crippen molar-refractivity contribution in [3.63, 3.8) is 0 Å². The second kappa shape index (κ2) is 35.4. The van der Waals surface area contributed by atoms with Crippen molar-refractivity contribution in [2.24, 2.45) is 0 Å². The van der Waals surface area contributed by atoms with Gasteiger partial charge in [-0.25, -0.2) is 4.57 Å². The number of carbonyl (C=O) groups excluding carboxylic acids is 2. The number of unbranched alkanes of at least 4 members (excludes halogenated alkanes) is 27. The molecule has 0 heterocycles. The van der Waals surface area contributed by atoms with Gasteiger partial charge in [-0.2, -0.15) is 0 Å². The summed E-state index contributed by atoms with van der Waals surface area (Å²) in [5.74, 6) is -1.08. The van der Waals surface area contributed by atoms with Crippen LogP contribution in [0.3, 0.4) is 0 Å². The Hall–Kier alpha value is -1.15. The van der Waals surface area contributed by atoms with E-state index in [9.17, 15) is 44.6 Å². The van der Waals surface area contributed by atoms with Crippen molar-refractivity contribution in [1.29, 1.82) is 0 Å². The number of ether oxygens (including phenoxy) is 2. The normalized spacial score (nSPS) is 22.4. The number of phosphoric ester groups is 1. The van der Waals surface area contributed by atoms with Crippen molar-refractivity contribution >= 4 is 19.8 Å². The van der Waals surface area contributed by atoms with Gasteiger partial charge in [-0.05, 0) is 12.8 Å². The summed E-state index contributed by atoms with van der Waals surface area (Å²) in [4.78, 5) is 35.6. The summed E-state index contributed by atoms with van der Waals surface area (Å²) in [6.45, 7) is 3.31. The first kappa shape index (κ1) is 54.9. The molecule has 0 bridgehead atoms. The Bertz CT molecular complexity index is 1030. The first-order chi connectivity index (χ1) is 27.9. The van der Waals surface area contributed by atoms with Gasteiger partial charge in [-0.1, -0.05) is 187 Å². The van der Waals surface area contributed by atoms with Gasteiger partial charge in [0.2, 0.25) is 0 Å². The van der Waals surface area contributed by atoms with Gasteiger partial charge in [-0.15, -0.1) is 0 Å². The zero-order valence-electron chi connectivity index (χ0n) is 36.4. The molecule has 1 fully saturated rings. The summed E-state index contributed by atoms with van der Waals surface area (Å²) >= 11 is 0. The predicted octanol–water partition coefficient (Wildman–Crippen LogP) is 8.89. The number of phosphoric acid groups is 1. The van der Waals surface area contributed by atoms with Crippen molar-refractivity contribution in [1.82, 2.24) is 0 Å². The molecule has 13 nitrogen and oxygen atoms in total. The topological polar surface area (TPSA) is 210 Å². The molecule has 1 rings (SSSR count). The molecule has 0 aromatic heterocycles. The highest BCUT2D eigenvalue weighted by atomic mass is 31.2. The molecule has 0 radical (unpaired) electrons. The molecular formula is C44H85O13P. The molecule has 344 valence electrons. The van der Waals surface area contributed by atoms with Crippen LogP contribution in [0.4, 0.5) is 0 Å². The standard InChI is InChI=1S/C44H85O13P/c1-3-5-7-9-11-13-15-17-18-19-20-21-23-25-27-29-31-33-38(46)56-36(34-54-37(45)32-30-28-26-24-22-16-14-12-10-8-6-4-2)35-55-58(52,53)57-44-42(50)40(48)39(47)41(49)43(44)51/h36,39-44,47-51H,3-35H2,1-2H3,(H,52,53)/t36-,39?,40-,41?,42?,43?,44?/m1/s1. The number of hydrogen-bond acceptors (Lipinski definition) is 12. The van der Waals surface area contributed by atoms with Crippen molar-refractivity contribution in [3.05, 3.63) is 0 Å². The molecule has 1 aliphatic rings. The van der Waals surface area contributed by atoms with E-state index >= 15 is 0 Å². The van der Waals surface area contributed by atoms with E-state index in [0.29, 0.717) is 12.8 Å². The molecule has 58 heavy (non-hydrogen) atoms. The van der Waals surface area contributed by atoms with Crippen LogP contribution in [-0.4, -0.2) is 98.3 Å². The Labute approximate surface area is 351 Å². The number of rotatable bonds is 39.